The van der Waals surface area contributed by atoms with Crippen molar-refractivity contribution in [2.75, 3.05) is 26.7 Å². The SMILES string of the molecule is CN=C(NCC(=O)N1CCCC1)NC1CCC(C(C)C)CC1. The van der Waals surface area contributed by atoms with Crippen LogP contribution in [0.2, 0.25) is 0 Å². The standard InChI is InChI=1S/C17H32N4O/c1-13(2)14-6-8-15(9-7-14)20-17(18-3)19-12-16(22)21-10-4-5-11-21/h13-15H,4-12H2,1-3H3,(H2,18,19,20). The third kappa shape index (κ3) is 4.89. The van der Waals surface area contributed by atoms with Crippen molar-refractivity contribution in [2.24, 2.45) is 16.8 Å². The minimum Gasteiger partial charge on any atom is -0.354 e. The number of amides is 1. The van der Waals surface area contributed by atoms with Gasteiger partial charge in [0.05, 0.1) is 6.54 Å². The number of nitrogens with one attached hydrogen (secondary N) is 2. The maximum atomic E-state index is 12.1. The molecule has 1 aliphatic heterocycles. The first-order valence-corrected chi connectivity index (χ1v) is 8.85. The van der Waals surface area contributed by atoms with E-state index in [0.29, 0.717) is 12.6 Å². The molecule has 5 nitrogen and oxygen atoms in total. The van der Waals surface area contributed by atoms with Gasteiger partial charge in [0.25, 0.3) is 0 Å². The van der Waals surface area contributed by atoms with Crippen molar-refractivity contribution in [3.8, 4) is 0 Å². The second kappa shape index (κ2) is 8.39. The highest BCUT2D eigenvalue weighted by molar-refractivity contribution is 5.86. The van der Waals surface area contributed by atoms with Crippen LogP contribution in [-0.4, -0.2) is 49.5 Å². The number of hydrogen-bond acceptors (Lipinski definition) is 2. The lowest BCUT2D eigenvalue weighted by Crippen LogP contribution is -2.48. The Kier molecular flexibility index (Phi) is 6.52. The van der Waals surface area contributed by atoms with E-state index in [1.54, 1.807) is 7.05 Å². The number of carbonyl (C=O) groups excluding carboxylic acids is 1. The zero-order valence-corrected chi connectivity index (χ0v) is 14.4. The molecular formula is C17H32N4O. The Balaban J connectivity index is 1.70. The van der Waals surface area contributed by atoms with Gasteiger partial charge in [0, 0.05) is 26.2 Å². The smallest absolute Gasteiger partial charge is 0.241 e. The van der Waals surface area contributed by atoms with Gasteiger partial charge in [0.2, 0.25) is 5.91 Å². The van der Waals surface area contributed by atoms with Crippen molar-refractivity contribution in [2.45, 2.75) is 58.4 Å². The van der Waals surface area contributed by atoms with Gasteiger partial charge in [0.15, 0.2) is 5.96 Å². The Hall–Kier alpha value is -1.26. The van der Waals surface area contributed by atoms with Crippen molar-refractivity contribution in [1.82, 2.24) is 15.5 Å². The van der Waals surface area contributed by atoms with E-state index in [-0.39, 0.29) is 5.91 Å². The van der Waals surface area contributed by atoms with Crippen LogP contribution < -0.4 is 10.6 Å². The predicted octanol–water partition coefficient (Wildman–Crippen LogP) is 1.99. The Bertz CT molecular complexity index is 380. The van der Waals surface area contributed by atoms with Gasteiger partial charge in [-0.05, 0) is 50.4 Å². The number of aliphatic imine (C=N–C) groups is 1. The molecule has 1 amide bonds. The Morgan fingerprint density at radius 1 is 1.18 bits per heavy atom. The van der Waals surface area contributed by atoms with E-state index in [2.05, 4.69) is 29.5 Å². The molecule has 0 aromatic heterocycles. The number of nitrogens with zero attached hydrogens (tertiary/aromatic N) is 2. The van der Waals surface area contributed by atoms with E-state index in [0.717, 1.165) is 43.7 Å². The van der Waals surface area contributed by atoms with Crippen LogP contribution in [0.15, 0.2) is 4.99 Å². The number of rotatable bonds is 4. The topological polar surface area (TPSA) is 56.7 Å². The molecule has 22 heavy (non-hydrogen) atoms. The molecule has 0 spiro atoms. The fourth-order valence-electron chi connectivity index (χ4n) is 3.56. The molecule has 0 radical (unpaired) electrons. The van der Waals surface area contributed by atoms with Gasteiger partial charge in [-0.1, -0.05) is 13.8 Å². The summed E-state index contributed by atoms with van der Waals surface area (Å²) in [5, 5.41) is 6.65. The minimum atomic E-state index is 0.184. The first kappa shape index (κ1) is 17.1. The molecule has 0 aromatic rings. The lowest BCUT2D eigenvalue weighted by Gasteiger charge is -2.32. The van der Waals surface area contributed by atoms with Crippen LogP contribution in [0.4, 0.5) is 0 Å². The lowest BCUT2D eigenvalue weighted by molar-refractivity contribution is -0.128. The molecule has 2 N–H and O–H groups in total. The average molecular weight is 308 g/mol. The maximum Gasteiger partial charge on any atom is 0.241 e. The summed E-state index contributed by atoms with van der Waals surface area (Å²) in [5.74, 6) is 2.60. The van der Waals surface area contributed by atoms with Gasteiger partial charge >= 0.3 is 0 Å². The predicted molar refractivity (Wildman–Crippen MR) is 90.9 cm³/mol. The van der Waals surface area contributed by atoms with E-state index in [1.165, 1.54) is 25.7 Å². The van der Waals surface area contributed by atoms with Crippen LogP contribution in [0.1, 0.15) is 52.4 Å². The Morgan fingerprint density at radius 3 is 2.36 bits per heavy atom. The van der Waals surface area contributed by atoms with Crippen LogP contribution in [0, 0.1) is 11.8 Å². The molecule has 1 aliphatic carbocycles. The third-order valence-electron chi connectivity index (χ3n) is 5.14. The molecule has 0 unspecified atom stereocenters. The highest BCUT2D eigenvalue weighted by Crippen LogP contribution is 2.29. The fourth-order valence-corrected chi connectivity index (χ4v) is 3.56. The second-order valence-electron chi connectivity index (χ2n) is 7.01. The van der Waals surface area contributed by atoms with Crippen molar-refractivity contribution in [1.29, 1.82) is 0 Å². The van der Waals surface area contributed by atoms with E-state index >= 15 is 0 Å². The second-order valence-corrected chi connectivity index (χ2v) is 7.01. The van der Waals surface area contributed by atoms with Crippen molar-refractivity contribution >= 4 is 11.9 Å². The molecule has 126 valence electrons. The summed E-state index contributed by atoms with van der Waals surface area (Å²) in [6, 6.07) is 0.489. The van der Waals surface area contributed by atoms with Gasteiger partial charge in [-0.3, -0.25) is 9.79 Å². The maximum absolute atomic E-state index is 12.1. The summed E-state index contributed by atoms with van der Waals surface area (Å²) in [4.78, 5) is 18.3. The molecule has 2 aliphatic rings. The molecule has 1 heterocycles. The molecule has 1 saturated carbocycles. The van der Waals surface area contributed by atoms with Crippen LogP contribution in [0.3, 0.4) is 0 Å². The van der Waals surface area contributed by atoms with Crippen LogP contribution in [0.5, 0.6) is 0 Å². The molecule has 5 heteroatoms. The van der Waals surface area contributed by atoms with Gasteiger partial charge in [-0.25, -0.2) is 0 Å². The number of likely N-dealkylation sites (tertiary alicyclic amines) is 1. The third-order valence-corrected chi connectivity index (χ3v) is 5.14. The first-order valence-electron chi connectivity index (χ1n) is 8.85. The lowest BCUT2D eigenvalue weighted by atomic mass is 9.80. The van der Waals surface area contributed by atoms with Gasteiger partial charge in [-0.2, -0.15) is 0 Å². The minimum absolute atomic E-state index is 0.184. The van der Waals surface area contributed by atoms with E-state index in [9.17, 15) is 4.79 Å². The molecular weight excluding hydrogens is 276 g/mol. The fraction of sp³-hybridized carbons (Fsp3) is 0.882. The van der Waals surface area contributed by atoms with Gasteiger partial charge in [-0.15, -0.1) is 0 Å². The normalized spacial score (nSPS) is 26.4. The van der Waals surface area contributed by atoms with Crippen LogP contribution >= 0.6 is 0 Å². The van der Waals surface area contributed by atoms with Gasteiger partial charge in [0.1, 0.15) is 0 Å². The van der Waals surface area contributed by atoms with E-state index < -0.39 is 0 Å². The van der Waals surface area contributed by atoms with Crippen molar-refractivity contribution < 1.29 is 4.79 Å². The zero-order valence-electron chi connectivity index (χ0n) is 14.4. The monoisotopic (exact) mass is 308 g/mol. The van der Waals surface area contributed by atoms with E-state index in [1.807, 2.05) is 4.90 Å². The number of hydrogen-bond donors (Lipinski definition) is 2. The summed E-state index contributed by atoms with van der Waals surface area (Å²) in [6.07, 6.45) is 7.25. The summed E-state index contributed by atoms with van der Waals surface area (Å²) in [5.41, 5.74) is 0. The van der Waals surface area contributed by atoms with Crippen molar-refractivity contribution in [3.63, 3.8) is 0 Å². The molecule has 0 aromatic carbocycles. The van der Waals surface area contributed by atoms with Gasteiger partial charge < -0.3 is 15.5 Å². The van der Waals surface area contributed by atoms with Crippen LogP contribution in [-0.2, 0) is 4.79 Å². The Labute approximate surface area is 134 Å². The van der Waals surface area contributed by atoms with E-state index in [4.69, 9.17) is 0 Å². The Morgan fingerprint density at radius 2 is 1.82 bits per heavy atom. The summed E-state index contributed by atoms with van der Waals surface area (Å²) >= 11 is 0. The summed E-state index contributed by atoms with van der Waals surface area (Å²) < 4.78 is 0. The highest BCUT2D eigenvalue weighted by Gasteiger charge is 2.24. The molecule has 0 atom stereocenters. The van der Waals surface area contributed by atoms with Crippen molar-refractivity contribution in [3.05, 3.63) is 0 Å². The molecule has 2 fully saturated rings. The molecule has 1 saturated heterocycles. The van der Waals surface area contributed by atoms with Crippen LogP contribution in [0.25, 0.3) is 0 Å². The quantitative estimate of drug-likeness (QED) is 0.617. The number of guanidine groups is 1. The largest absolute Gasteiger partial charge is 0.354 e. The molecule has 2 rings (SSSR count). The first-order chi connectivity index (χ1) is 10.6. The average Bonchev–Trinajstić information content (AvgIpc) is 3.06. The highest BCUT2D eigenvalue weighted by atomic mass is 16.2. The summed E-state index contributed by atoms with van der Waals surface area (Å²) in [6.45, 7) is 6.81. The zero-order chi connectivity index (χ0) is 15.9. The summed E-state index contributed by atoms with van der Waals surface area (Å²) in [7, 11) is 1.77. The molecule has 0 bridgehead atoms. The number of carbonyl (C=O) groups is 1.